The predicted molar refractivity (Wildman–Crippen MR) is 87.1 cm³/mol. The number of carboxylic acids is 2. The molecule has 1 radical (unpaired) electrons. The van der Waals surface area contributed by atoms with E-state index in [2.05, 4.69) is 5.32 Å². The number of hydrogen-bond donors (Lipinski definition) is 3. The monoisotopic (exact) mass is 346 g/mol. The number of carbonyl (C=O) groups excluding carboxylic acids is 2. The molecule has 0 aromatic carbocycles. The van der Waals surface area contributed by atoms with Gasteiger partial charge in [-0.05, 0) is 19.8 Å². The van der Waals surface area contributed by atoms with Crippen molar-refractivity contribution in [1.82, 2.24) is 5.32 Å². The van der Waals surface area contributed by atoms with E-state index in [0.29, 0.717) is 6.54 Å². The molecule has 0 bridgehead atoms. The average Bonchev–Trinajstić information content (AvgIpc) is 2.45. The van der Waals surface area contributed by atoms with Gasteiger partial charge in [-0.1, -0.05) is 13.3 Å². The Morgan fingerprint density at radius 3 is 2.35 bits per heavy atom. The summed E-state index contributed by atoms with van der Waals surface area (Å²) in [5.41, 5.74) is 0. The summed E-state index contributed by atoms with van der Waals surface area (Å²) in [4.78, 5) is 44.8. The quantitative estimate of drug-likeness (QED) is 0.431. The lowest BCUT2D eigenvalue weighted by molar-refractivity contribution is -0.142. The maximum atomic E-state index is 11.6. The summed E-state index contributed by atoms with van der Waals surface area (Å²) in [5.74, 6) is -3.18. The number of aliphatic carboxylic acids is 2. The Balaban J connectivity index is 4.35. The molecule has 0 saturated heterocycles. The van der Waals surface area contributed by atoms with Gasteiger partial charge in [-0.2, -0.15) is 0 Å². The highest BCUT2D eigenvalue weighted by Gasteiger charge is 2.25. The average molecular weight is 346 g/mol. The Kier molecular flexibility index (Phi) is 11.1. The largest absolute Gasteiger partial charge is 0.481 e. The molecule has 0 fully saturated rings. The van der Waals surface area contributed by atoms with Crippen LogP contribution in [0.4, 0.5) is 0 Å². The van der Waals surface area contributed by atoms with Gasteiger partial charge in [-0.25, -0.2) is 0 Å². The van der Waals surface area contributed by atoms with Crippen molar-refractivity contribution in [2.75, 3.05) is 12.3 Å². The number of thioether (sulfide) groups is 1. The van der Waals surface area contributed by atoms with E-state index in [9.17, 15) is 19.2 Å². The van der Waals surface area contributed by atoms with E-state index >= 15 is 0 Å². The molecule has 3 N–H and O–H groups in total. The van der Waals surface area contributed by atoms with E-state index in [1.807, 2.05) is 6.92 Å². The minimum Gasteiger partial charge on any atom is -0.481 e. The van der Waals surface area contributed by atoms with Gasteiger partial charge in [0.05, 0.1) is 12.8 Å². The van der Waals surface area contributed by atoms with Gasteiger partial charge >= 0.3 is 11.9 Å². The molecular weight excluding hydrogens is 322 g/mol. The standard InChI is InChI=1S/C15H24NO6S/c1-3-4-7-16-13(18)6-5-11(10(2)17)9-23-12(15(21)22)8-14(19)20/h6,11-12H,3-5,7-9H2,1-2H3,(H,16,18)(H,19,20)(H,21,22). The van der Waals surface area contributed by atoms with Gasteiger partial charge in [-0.3, -0.25) is 19.2 Å². The lowest BCUT2D eigenvalue weighted by Gasteiger charge is -2.16. The number of Topliss-reactive ketones (excluding diaryl/α,β-unsaturated/α-hetero) is 1. The van der Waals surface area contributed by atoms with Gasteiger partial charge in [0.1, 0.15) is 11.0 Å². The lowest BCUT2D eigenvalue weighted by atomic mass is 10.0. The molecule has 0 aliphatic rings. The zero-order valence-electron chi connectivity index (χ0n) is 13.4. The molecule has 0 rings (SSSR count). The molecule has 2 atom stereocenters. The van der Waals surface area contributed by atoms with Crippen LogP contribution >= 0.6 is 11.8 Å². The summed E-state index contributed by atoms with van der Waals surface area (Å²) in [6, 6.07) is 0. The smallest absolute Gasteiger partial charge is 0.317 e. The number of carbonyl (C=O) groups is 4. The van der Waals surface area contributed by atoms with Gasteiger partial charge in [0.15, 0.2) is 0 Å². The predicted octanol–water partition coefficient (Wildman–Crippen LogP) is 1.36. The van der Waals surface area contributed by atoms with E-state index < -0.39 is 29.5 Å². The van der Waals surface area contributed by atoms with Gasteiger partial charge in [0.2, 0.25) is 5.91 Å². The number of ketones is 1. The topological polar surface area (TPSA) is 121 Å². The van der Waals surface area contributed by atoms with Crippen LogP contribution in [0, 0.1) is 12.3 Å². The second kappa shape index (κ2) is 11.9. The number of unbranched alkanes of at least 4 members (excludes halogenated alkanes) is 1. The molecular formula is C15H24NO6S. The Labute approximate surface area is 140 Å². The number of amides is 1. The first-order valence-corrected chi connectivity index (χ1v) is 8.50. The van der Waals surface area contributed by atoms with E-state index in [4.69, 9.17) is 10.2 Å². The maximum Gasteiger partial charge on any atom is 0.317 e. The molecule has 0 spiro atoms. The van der Waals surface area contributed by atoms with Gasteiger partial charge in [-0.15, -0.1) is 11.8 Å². The van der Waals surface area contributed by atoms with Crippen LogP contribution in [0.15, 0.2) is 0 Å². The maximum absolute atomic E-state index is 11.6. The Hall–Kier alpha value is -1.57. The van der Waals surface area contributed by atoms with Crippen molar-refractivity contribution in [2.24, 2.45) is 5.92 Å². The molecule has 0 heterocycles. The van der Waals surface area contributed by atoms with Crippen LogP contribution in [0.3, 0.4) is 0 Å². The highest BCUT2D eigenvalue weighted by Crippen LogP contribution is 2.22. The van der Waals surface area contributed by atoms with E-state index in [-0.39, 0.29) is 23.9 Å². The zero-order chi connectivity index (χ0) is 17.8. The highest BCUT2D eigenvalue weighted by molar-refractivity contribution is 8.00. The van der Waals surface area contributed by atoms with Crippen molar-refractivity contribution >= 4 is 35.4 Å². The molecule has 23 heavy (non-hydrogen) atoms. The van der Waals surface area contributed by atoms with E-state index in [1.54, 1.807) is 0 Å². The molecule has 0 aromatic heterocycles. The molecule has 2 unspecified atom stereocenters. The summed E-state index contributed by atoms with van der Waals surface area (Å²) < 4.78 is 0. The minimum atomic E-state index is -1.22. The van der Waals surface area contributed by atoms with E-state index in [0.717, 1.165) is 24.6 Å². The Morgan fingerprint density at radius 1 is 1.22 bits per heavy atom. The van der Waals surface area contributed by atoms with Crippen molar-refractivity contribution in [2.45, 2.75) is 44.8 Å². The number of hydrogen-bond acceptors (Lipinski definition) is 5. The van der Waals surface area contributed by atoms with Crippen LogP contribution in [0.25, 0.3) is 0 Å². The minimum absolute atomic E-state index is 0.158. The molecule has 131 valence electrons. The van der Waals surface area contributed by atoms with Crippen LogP contribution in [-0.2, 0) is 19.2 Å². The molecule has 0 aromatic rings. The van der Waals surface area contributed by atoms with E-state index in [1.165, 1.54) is 13.3 Å². The number of carboxylic acid groups (broad SMARTS) is 2. The molecule has 0 aliphatic carbocycles. The van der Waals surface area contributed by atoms with Gasteiger partial charge < -0.3 is 15.5 Å². The van der Waals surface area contributed by atoms with Crippen molar-refractivity contribution < 1.29 is 29.4 Å². The van der Waals surface area contributed by atoms with Crippen molar-refractivity contribution in [1.29, 1.82) is 0 Å². The summed E-state index contributed by atoms with van der Waals surface area (Å²) in [6.07, 6.45) is 2.93. The number of nitrogens with one attached hydrogen (secondary N) is 1. The molecule has 0 aliphatic heterocycles. The van der Waals surface area contributed by atoms with Crippen molar-refractivity contribution in [3.8, 4) is 0 Å². The summed E-state index contributed by atoms with van der Waals surface area (Å²) in [7, 11) is 0. The first-order chi connectivity index (χ1) is 10.8. The molecule has 1 amide bonds. The van der Waals surface area contributed by atoms with Crippen LogP contribution < -0.4 is 5.32 Å². The van der Waals surface area contributed by atoms with Crippen LogP contribution in [0.2, 0.25) is 0 Å². The second-order valence-corrected chi connectivity index (χ2v) is 6.39. The van der Waals surface area contributed by atoms with Gasteiger partial charge in [0, 0.05) is 18.2 Å². The molecule has 7 nitrogen and oxygen atoms in total. The summed E-state index contributed by atoms with van der Waals surface area (Å²) in [5, 5.41) is 19.3. The fourth-order valence-corrected chi connectivity index (χ4v) is 2.91. The summed E-state index contributed by atoms with van der Waals surface area (Å²) >= 11 is 0.915. The molecule has 8 heteroatoms. The first kappa shape index (κ1) is 21.4. The second-order valence-electron chi connectivity index (χ2n) is 5.15. The highest BCUT2D eigenvalue weighted by atomic mass is 32.2. The SMILES string of the molecule is CCCCNC(=O)[CH]CC(CSC(CC(=O)O)C(=O)O)C(C)=O. The summed E-state index contributed by atoms with van der Waals surface area (Å²) in [6.45, 7) is 3.96. The fraction of sp³-hybridized carbons (Fsp3) is 0.667. The Morgan fingerprint density at radius 2 is 1.87 bits per heavy atom. The number of rotatable bonds is 13. The third-order valence-electron chi connectivity index (χ3n) is 3.13. The molecule has 0 saturated carbocycles. The lowest BCUT2D eigenvalue weighted by Crippen LogP contribution is -2.27. The zero-order valence-corrected chi connectivity index (χ0v) is 14.2. The normalized spacial score (nSPS) is 13.1. The van der Waals surface area contributed by atoms with Crippen molar-refractivity contribution in [3.63, 3.8) is 0 Å². The third kappa shape index (κ3) is 10.7. The third-order valence-corrected chi connectivity index (χ3v) is 4.49. The van der Waals surface area contributed by atoms with Crippen LogP contribution in [-0.4, -0.2) is 51.4 Å². The fourth-order valence-electron chi connectivity index (χ4n) is 1.67. The van der Waals surface area contributed by atoms with Crippen LogP contribution in [0.1, 0.15) is 39.5 Å². The van der Waals surface area contributed by atoms with Crippen LogP contribution in [0.5, 0.6) is 0 Å². The Bertz CT molecular complexity index is 426. The van der Waals surface area contributed by atoms with Gasteiger partial charge in [0.25, 0.3) is 0 Å². The van der Waals surface area contributed by atoms with Crippen molar-refractivity contribution in [3.05, 3.63) is 6.42 Å². The first-order valence-electron chi connectivity index (χ1n) is 7.45.